The molecule has 4 nitrogen and oxygen atoms in total. The molecule has 0 spiro atoms. The molecule has 0 unspecified atom stereocenters. The number of carboxylic acids is 1. The summed E-state index contributed by atoms with van der Waals surface area (Å²) in [6.45, 7) is 8.58. The first kappa shape index (κ1) is 15.0. The van der Waals surface area contributed by atoms with Gasteiger partial charge in [0.15, 0.2) is 0 Å². The number of piperazine rings is 1. The molecular formula is C16H24N2O2. The van der Waals surface area contributed by atoms with Gasteiger partial charge < -0.3 is 5.11 Å². The molecule has 1 heterocycles. The van der Waals surface area contributed by atoms with Crippen molar-refractivity contribution in [2.24, 2.45) is 0 Å². The van der Waals surface area contributed by atoms with Gasteiger partial charge in [-0.05, 0) is 18.9 Å². The Kier molecular flexibility index (Phi) is 5.15. The van der Waals surface area contributed by atoms with Crippen molar-refractivity contribution in [2.45, 2.75) is 32.9 Å². The Hall–Kier alpha value is -1.39. The van der Waals surface area contributed by atoms with E-state index in [1.807, 2.05) is 6.92 Å². The van der Waals surface area contributed by atoms with Gasteiger partial charge in [0.1, 0.15) is 6.04 Å². The predicted molar refractivity (Wildman–Crippen MR) is 79.7 cm³/mol. The van der Waals surface area contributed by atoms with E-state index >= 15 is 0 Å². The van der Waals surface area contributed by atoms with Crippen LogP contribution in [0, 0.1) is 6.92 Å². The van der Waals surface area contributed by atoms with Crippen LogP contribution in [0.3, 0.4) is 0 Å². The Morgan fingerprint density at radius 1 is 1.30 bits per heavy atom. The van der Waals surface area contributed by atoms with Gasteiger partial charge in [0, 0.05) is 32.7 Å². The summed E-state index contributed by atoms with van der Waals surface area (Å²) in [6, 6.07) is 8.26. The van der Waals surface area contributed by atoms with Gasteiger partial charge >= 0.3 is 5.97 Å². The zero-order valence-electron chi connectivity index (χ0n) is 12.4. The Morgan fingerprint density at radius 2 is 2.00 bits per heavy atom. The molecule has 0 aliphatic carbocycles. The van der Waals surface area contributed by atoms with Crippen LogP contribution in [0.4, 0.5) is 0 Å². The van der Waals surface area contributed by atoms with Crippen molar-refractivity contribution >= 4 is 5.97 Å². The molecule has 0 amide bonds. The Labute approximate surface area is 121 Å². The second-order valence-electron chi connectivity index (χ2n) is 5.56. The summed E-state index contributed by atoms with van der Waals surface area (Å²) in [5.74, 6) is -0.695. The van der Waals surface area contributed by atoms with E-state index in [0.29, 0.717) is 6.42 Å². The summed E-state index contributed by atoms with van der Waals surface area (Å²) in [5, 5.41) is 9.20. The lowest BCUT2D eigenvalue weighted by Gasteiger charge is -2.37. The molecule has 1 fully saturated rings. The lowest BCUT2D eigenvalue weighted by atomic mass is 10.1. The molecule has 1 atom stereocenters. The number of hydrogen-bond donors (Lipinski definition) is 1. The Balaban J connectivity index is 1.86. The number of aryl methyl sites for hydroxylation is 1. The van der Waals surface area contributed by atoms with Crippen molar-refractivity contribution in [1.29, 1.82) is 0 Å². The molecule has 110 valence electrons. The van der Waals surface area contributed by atoms with Crippen molar-refractivity contribution in [1.82, 2.24) is 9.80 Å². The van der Waals surface area contributed by atoms with E-state index in [4.69, 9.17) is 0 Å². The minimum Gasteiger partial charge on any atom is -0.480 e. The fourth-order valence-electron chi connectivity index (χ4n) is 2.89. The number of aliphatic carboxylic acids is 1. The molecule has 0 saturated carbocycles. The third kappa shape index (κ3) is 3.81. The van der Waals surface area contributed by atoms with Crippen LogP contribution in [0.15, 0.2) is 24.3 Å². The van der Waals surface area contributed by atoms with Crippen LogP contribution in [0.2, 0.25) is 0 Å². The normalized spacial score (nSPS) is 18.9. The first-order valence-corrected chi connectivity index (χ1v) is 7.35. The van der Waals surface area contributed by atoms with Gasteiger partial charge in [-0.15, -0.1) is 0 Å². The van der Waals surface area contributed by atoms with Crippen molar-refractivity contribution in [3.05, 3.63) is 35.4 Å². The molecule has 1 aromatic rings. The molecule has 20 heavy (non-hydrogen) atoms. The van der Waals surface area contributed by atoms with E-state index < -0.39 is 5.97 Å². The monoisotopic (exact) mass is 276 g/mol. The van der Waals surface area contributed by atoms with Crippen LogP contribution in [-0.4, -0.2) is 53.1 Å². The van der Waals surface area contributed by atoms with Gasteiger partial charge in [-0.2, -0.15) is 0 Å². The van der Waals surface area contributed by atoms with Gasteiger partial charge in [0.25, 0.3) is 0 Å². The van der Waals surface area contributed by atoms with E-state index in [1.165, 1.54) is 11.1 Å². The number of nitrogens with zero attached hydrogens (tertiary/aromatic N) is 2. The van der Waals surface area contributed by atoms with Crippen molar-refractivity contribution in [3.8, 4) is 0 Å². The van der Waals surface area contributed by atoms with E-state index in [1.54, 1.807) is 0 Å². The molecule has 1 saturated heterocycles. The van der Waals surface area contributed by atoms with Crippen molar-refractivity contribution in [2.75, 3.05) is 26.2 Å². The Bertz CT molecular complexity index is 454. The van der Waals surface area contributed by atoms with E-state index in [2.05, 4.69) is 41.0 Å². The second kappa shape index (κ2) is 6.86. The maximum absolute atomic E-state index is 11.2. The van der Waals surface area contributed by atoms with Gasteiger partial charge in [-0.3, -0.25) is 14.6 Å². The van der Waals surface area contributed by atoms with E-state index in [9.17, 15) is 9.90 Å². The topological polar surface area (TPSA) is 43.8 Å². The average molecular weight is 276 g/mol. The number of rotatable bonds is 5. The standard InChI is InChI=1S/C16H24N2O2/c1-3-15(16(19)20)18-9-7-17(8-10-18)12-14-6-4-5-13(2)11-14/h4-6,11,15H,3,7-10,12H2,1-2H3,(H,19,20)/t15-/m1/s1. The molecule has 0 bridgehead atoms. The lowest BCUT2D eigenvalue weighted by molar-refractivity contribution is -0.144. The second-order valence-corrected chi connectivity index (χ2v) is 5.56. The molecule has 1 N–H and O–H groups in total. The number of carboxylic acid groups (broad SMARTS) is 1. The minimum atomic E-state index is -0.695. The first-order valence-electron chi connectivity index (χ1n) is 7.35. The van der Waals surface area contributed by atoms with Crippen LogP contribution in [-0.2, 0) is 11.3 Å². The summed E-state index contributed by atoms with van der Waals surface area (Å²) in [5.41, 5.74) is 2.63. The smallest absolute Gasteiger partial charge is 0.320 e. The number of carbonyl (C=O) groups is 1. The zero-order valence-corrected chi connectivity index (χ0v) is 12.4. The fourth-order valence-corrected chi connectivity index (χ4v) is 2.89. The van der Waals surface area contributed by atoms with Gasteiger partial charge in [-0.25, -0.2) is 0 Å². The van der Waals surface area contributed by atoms with Crippen LogP contribution in [0.25, 0.3) is 0 Å². The van der Waals surface area contributed by atoms with E-state index in [-0.39, 0.29) is 6.04 Å². The molecule has 2 rings (SSSR count). The van der Waals surface area contributed by atoms with Gasteiger partial charge in [-0.1, -0.05) is 36.8 Å². The van der Waals surface area contributed by atoms with Crippen molar-refractivity contribution in [3.63, 3.8) is 0 Å². The highest BCUT2D eigenvalue weighted by molar-refractivity contribution is 5.73. The summed E-state index contributed by atoms with van der Waals surface area (Å²) < 4.78 is 0. The maximum atomic E-state index is 11.2. The van der Waals surface area contributed by atoms with Crippen molar-refractivity contribution < 1.29 is 9.90 Å². The summed E-state index contributed by atoms with van der Waals surface area (Å²) in [6.07, 6.45) is 0.674. The molecular weight excluding hydrogens is 252 g/mol. The van der Waals surface area contributed by atoms with E-state index in [0.717, 1.165) is 32.7 Å². The zero-order chi connectivity index (χ0) is 14.5. The fraction of sp³-hybridized carbons (Fsp3) is 0.562. The lowest BCUT2D eigenvalue weighted by Crippen LogP contribution is -2.52. The SMILES string of the molecule is CC[C@H](C(=O)O)N1CCN(Cc2cccc(C)c2)CC1. The molecule has 0 radical (unpaired) electrons. The van der Waals surface area contributed by atoms with Crippen LogP contribution >= 0.6 is 0 Å². The maximum Gasteiger partial charge on any atom is 0.320 e. The molecule has 0 aromatic heterocycles. The van der Waals surface area contributed by atoms with Crippen LogP contribution in [0.5, 0.6) is 0 Å². The molecule has 4 heteroatoms. The average Bonchev–Trinajstić information content (AvgIpc) is 2.41. The third-order valence-electron chi connectivity index (χ3n) is 4.01. The highest BCUT2D eigenvalue weighted by Gasteiger charge is 2.27. The first-order chi connectivity index (χ1) is 9.60. The summed E-state index contributed by atoms with van der Waals surface area (Å²) in [4.78, 5) is 15.7. The Morgan fingerprint density at radius 3 is 2.55 bits per heavy atom. The quantitative estimate of drug-likeness (QED) is 0.893. The molecule has 1 aromatic carbocycles. The molecule has 1 aliphatic heterocycles. The summed E-state index contributed by atoms with van der Waals surface area (Å²) >= 11 is 0. The largest absolute Gasteiger partial charge is 0.480 e. The third-order valence-corrected chi connectivity index (χ3v) is 4.01. The minimum absolute atomic E-state index is 0.323. The van der Waals surface area contributed by atoms with Crippen LogP contribution in [0.1, 0.15) is 24.5 Å². The molecule has 1 aliphatic rings. The van der Waals surface area contributed by atoms with Gasteiger partial charge in [0.05, 0.1) is 0 Å². The number of benzene rings is 1. The summed E-state index contributed by atoms with van der Waals surface area (Å²) in [7, 11) is 0. The number of hydrogen-bond acceptors (Lipinski definition) is 3. The predicted octanol–water partition coefficient (Wildman–Crippen LogP) is 1.98. The highest BCUT2D eigenvalue weighted by atomic mass is 16.4. The highest BCUT2D eigenvalue weighted by Crippen LogP contribution is 2.13. The van der Waals surface area contributed by atoms with Crippen LogP contribution < -0.4 is 0 Å². The van der Waals surface area contributed by atoms with Gasteiger partial charge in [0.2, 0.25) is 0 Å².